The van der Waals surface area contributed by atoms with Gasteiger partial charge >= 0.3 is 0 Å². The van der Waals surface area contributed by atoms with Crippen molar-refractivity contribution in [1.29, 1.82) is 0 Å². The van der Waals surface area contributed by atoms with Crippen LogP contribution in [0.1, 0.15) is 0 Å². The van der Waals surface area contributed by atoms with Crippen LogP contribution < -0.4 is 4.90 Å². The van der Waals surface area contributed by atoms with Gasteiger partial charge in [-0.15, -0.1) is 11.3 Å². The molecule has 0 saturated heterocycles. The summed E-state index contributed by atoms with van der Waals surface area (Å²) in [5, 5.41) is 7.54. The number of fused-ring (bicyclic) bond motifs is 5. The molecule has 1 heterocycles. The highest BCUT2D eigenvalue weighted by Gasteiger charge is 2.20. The minimum absolute atomic E-state index is 1.13. The molecule has 0 unspecified atom stereocenters. The molecule has 1 nitrogen and oxygen atoms in total. The SMILES string of the molecule is c1ccc(-c2ccc3cc(-c4cc5ccccc5cc4N(c4ccccc4)c4ccc5c(c4)sc4ccccc45)ccc3c2)cc1. The highest BCUT2D eigenvalue weighted by atomic mass is 32.1. The normalized spacial score (nSPS) is 11.5. The fourth-order valence-electron chi connectivity index (χ4n) is 6.73. The molecule has 0 fully saturated rings. The number of rotatable bonds is 5. The van der Waals surface area contributed by atoms with Crippen molar-refractivity contribution in [2.45, 2.75) is 0 Å². The lowest BCUT2D eigenvalue weighted by Gasteiger charge is -2.28. The summed E-state index contributed by atoms with van der Waals surface area (Å²) in [6.45, 7) is 0. The van der Waals surface area contributed by atoms with E-state index >= 15 is 0 Å². The van der Waals surface area contributed by atoms with E-state index in [-0.39, 0.29) is 0 Å². The molecule has 46 heavy (non-hydrogen) atoms. The molecule has 0 aliphatic carbocycles. The van der Waals surface area contributed by atoms with Crippen molar-refractivity contribution in [2.24, 2.45) is 0 Å². The molecule has 0 spiro atoms. The van der Waals surface area contributed by atoms with E-state index in [1.165, 1.54) is 64.0 Å². The molecule has 9 rings (SSSR count). The van der Waals surface area contributed by atoms with E-state index in [1.54, 1.807) is 0 Å². The second-order valence-electron chi connectivity index (χ2n) is 11.8. The van der Waals surface area contributed by atoms with Gasteiger partial charge in [-0.2, -0.15) is 0 Å². The summed E-state index contributed by atoms with van der Waals surface area (Å²) in [7, 11) is 0. The van der Waals surface area contributed by atoms with Crippen LogP contribution in [-0.4, -0.2) is 0 Å². The number of nitrogens with zero attached hydrogens (tertiary/aromatic N) is 1. The summed E-state index contributed by atoms with van der Waals surface area (Å²) in [6, 6.07) is 64.1. The van der Waals surface area contributed by atoms with E-state index < -0.39 is 0 Å². The van der Waals surface area contributed by atoms with Crippen LogP contribution in [0, 0.1) is 0 Å². The van der Waals surface area contributed by atoms with Crippen LogP contribution in [0.5, 0.6) is 0 Å². The van der Waals surface area contributed by atoms with Gasteiger partial charge in [-0.25, -0.2) is 0 Å². The first-order valence-electron chi connectivity index (χ1n) is 15.7. The minimum Gasteiger partial charge on any atom is -0.310 e. The summed E-state index contributed by atoms with van der Waals surface area (Å²) >= 11 is 1.86. The van der Waals surface area contributed by atoms with Crippen molar-refractivity contribution in [1.82, 2.24) is 0 Å². The third kappa shape index (κ3) is 4.63. The quantitative estimate of drug-likeness (QED) is 0.189. The van der Waals surface area contributed by atoms with E-state index in [0.29, 0.717) is 0 Å². The molecule has 8 aromatic carbocycles. The van der Waals surface area contributed by atoms with Crippen LogP contribution in [0.4, 0.5) is 17.1 Å². The number of anilines is 3. The number of hydrogen-bond donors (Lipinski definition) is 0. The smallest absolute Gasteiger partial charge is 0.0546 e. The van der Waals surface area contributed by atoms with Crippen LogP contribution in [0.3, 0.4) is 0 Å². The van der Waals surface area contributed by atoms with Gasteiger partial charge in [0.1, 0.15) is 0 Å². The Bertz CT molecular complexity index is 2530. The standard InChI is InChI=1S/C44H29NS/c1-3-11-30(12-4-1)33-19-20-35-26-36(22-21-34(35)25-33)41-27-31-13-7-8-14-32(31)28-42(41)45(37-15-5-2-6-16-37)38-23-24-40-39-17-9-10-18-43(39)46-44(40)29-38/h1-29H. The maximum absolute atomic E-state index is 2.42. The Labute approximate surface area is 272 Å². The van der Waals surface area contributed by atoms with E-state index in [9.17, 15) is 0 Å². The molecule has 0 amide bonds. The van der Waals surface area contributed by atoms with E-state index in [0.717, 1.165) is 17.1 Å². The monoisotopic (exact) mass is 603 g/mol. The Balaban J connectivity index is 1.26. The van der Waals surface area contributed by atoms with E-state index in [1.807, 2.05) is 11.3 Å². The highest BCUT2D eigenvalue weighted by molar-refractivity contribution is 7.25. The fourth-order valence-corrected chi connectivity index (χ4v) is 7.87. The van der Waals surface area contributed by atoms with Gasteiger partial charge < -0.3 is 4.90 Å². The zero-order chi connectivity index (χ0) is 30.5. The van der Waals surface area contributed by atoms with Crippen LogP contribution in [0.15, 0.2) is 176 Å². The average molecular weight is 604 g/mol. The molecular formula is C44H29NS. The van der Waals surface area contributed by atoms with Gasteiger partial charge in [-0.05, 0) is 92.8 Å². The van der Waals surface area contributed by atoms with Crippen molar-refractivity contribution in [3.05, 3.63) is 176 Å². The number of para-hydroxylation sites is 1. The summed E-state index contributed by atoms with van der Waals surface area (Å²) in [4.78, 5) is 2.42. The van der Waals surface area contributed by atoms with Crippen molar-refractivity contribution < 1.29 is 0 Å². The van der Waals surface area contributed by atoms with Crippen LogP contribution in [-0.2, 0) is 0 Å². The first-order chi connectivity index (χ1) is 22.8. The van der Waals surface area contributed by atoms with Gasteiger partial charge in [0.2, 0.25) is 0 Å². The van der Waals surface area contributed by atoms with Gasteiger partial charge in [0.05, 0.1) is 5.69 Å². The molecule has 0 bridgehead atoms. The van der Waals surface area contributed by atoms with E-state index in [4.69, 9.17) is 0 Å². The summed E-state index contributed by atoms with van der Waals surface area (Å²) < 4.78 is 2.61. The summed E-state index contributed by atoms with van der Waals surface area (Å²) in [5.41, 5.74) is 8.31. The molecule has 0 saturated carbocycles. The maximum Gasteiger partial charge on any atom is 0.0546 e. The Kier molecular flexibility index (Phi) is 6.40. The van der Waals surface area contributed by atoms with Crippen molar-refractivity contribution in [3.63, 3.8) is 0 Å². The van der Waals surface area contributed by atoms with Gasteiger partial charge in [0.15, 0.2) is 0 Å². The lowest BCUT2D eigenvalue weighted by Crippen LogP contribution is -2.11. The molecule has 9 aromatic rings. The van der Waals surface area contributed by atoms with Crippen LogP contribution >= 0.6 is 11.3 Å². The second kappa shape index (κ2) is 11.0. The predicted octanol–water partition coefficient (Wildman–Crippen LogP) is 13.2. The summed E-state index contributed by atoms with van der Waals surface area (Å²) in [5.74, 6) is 0. The van der Waals surface area contributed by atoms with E-state index in [2.05, 4.69) is 181 Å². The molecule has 0 aliphatic rings. The first kappa shape index (κ1) is 26.7. The lowest BCUT2D eigenvalue weighted by molar-refractivity contribution is 1.30. The lowest BCUT2D eigenvalue weighted by atomic mass is 9.94. The topological polar surface area (TPSA) is 3.24 Å². The van der Waals surface area contributed by atoms with Crippen molar-refractivity contribution in [3.8, 4) is 22.3 Å². The Morgan fingerprint density at radius 2 is 0.957 bits per heavy atom. The molecule has 216 valence electrons. The molecule has 0 atom stereocenters. The third-order valence-electron chi connectivity index (χ3n) is 9.00. The third-order valence-corrected chi connectivity index (χ3v) is 10.1. The predicted molar refractivity (Wildman–Crippen MR) is 200 cm³/mol. The molecule has 2 heteroatoms. The molecule has 1 aromatic heterocycles. The Morgan fingerprint density at radius 3 is 1.76 bits per heavy atom. The zero-order valence-corrected chi connectivity index (χ0v) is 25.9. The number of benzene rings is 8. The molecule has 0 N–H and O–H groups in total. The van der Waals surface area contributed by atoms with Gasteiger partial charge in [-0.3, -0.25) is 0 Å². The maximum atomic E-state index is 2.42. The summed E-state index contributed by atoms with van der Waals surface area (Å²) in [6.07, 6.45) is 0. The largest absolute Gasteiger partial charge is 0.310 e. The van der Waals surface area contributed by atoms with Crippen molar-refractivity contribution >= 4 is 70.1 Å². The van der Waals surface area contributed by atoms with Gasteiger partial charge in [-0.1, -0.05) is 121 Å². The second-order valence-corrected chi connectivity index (χ2v) is 12.9. The van der Waals surface area contributed by atoms with Crippen LogP contribution in [0.25, 0.3) is 64.0 Å². The Hall–Kier alpha value is -5.70. The molecule has 0 radical (unpaired) electrons. The minimum atomic E-state index is 1.13. The first-order valence-corrected chi connectivity index (χ1v) is 16.5. The van der Waals surface area contributed by atoms with Crippen LogP contribution in [0.2, 0.25) is 0 Å². The molecular weight excluding hydrogens is 575 g/mol. The molecule has 0 aliphatic heterocycles. The zero-order valence-electron chi connectivity index (χ0n) is 25.1. The van der Waals surface area contributed by atoms with Crippen molar-refractivity contribution in [2.75, 3.05) is 4.90 Å². The van der Waals surface area contributed by atoms with Gasteiger partial charge in [0, 0.05) is 37.1 Å². The average Bonchev–Trinajstić information content (AvgIpc) is 3.50. The number of hydrogen-bond acceptors (Lipinski definition) is 2. The van der Waals surface area contributed by atoms with Gasteiger partial charge in [0.25, 0.3) is 0 Å². The number of thiophene rings is 1. The fraction of sp³-hybridized carbons (Fsp3) is 0. The highest BCUT2D eigenvalue weighted by Crippen LogP contribution is 2.45. The Morgan fingerprint density at radius 1 is 0.348 bits per heavy atom.